The molecule has 25 heavy (non-hydrogen) atoms. The first-order valence-corrected chi connectivity index (χ1v) is 8.83. The zero-order chi connectivity index (χ0) is 18.6. The van der Waals surface area contributed by atoms with Crippen molar-refractivity contribution in [3.63, 3.8) is 0 Å². The summed E-state index contributed by atoms with van der Waals surface area (Å²) in [6.07, 6.45) is -0.0500. The fourth-order valence-corrected chi connectivity index (χ4v) is 3.11. The van der Waals surface area contributed by atoms with Gasteiger partial charge in [0.2, 0.25) is 15.9 Å². The van der Waals surface area contributed by atoms with Crippen LogP contribution in [0.4, 0.5) is 10.1 Å². The van der Waals surface area contributed by atoms with Crippen LogP contribution >= 0.6 is 0 Å². The van der Waals surface area contributed by atoms with E-state index < -0.39 is 21.7 Å². The third-order valence-corrected chi connectivity index (χ3v) is 5.29. The Labute approximate surface area is 146 Å². The van der Waals surface area contributed by atoms with E-state index in [4.69, 9.17) is 4.74 Å². The summed E-state index contributed by atoms with van der Waals surface area (Å²) in [5, 5.41) is 2.61. The Kier molecular flexibility index (Phi) is 5.76. The quantitative estimate of drug-likeness (QED) is 0.851. The van der Waals surface area contributed by atoms with Crippen molar-refractivity contribution in [2.45, 2.75) is 11.3 Å². The summed E-state index contributed by atoms with van der Waals surface area (Å²) in [6, 6.07) is 9.90. The molecule has 0 atom stereocenters. The number of hydrogen-bond acceptors (Lipinski definition) is 4. The number of hydrogen-bond donors (Lipinski definition) is 1. The minimum atomic E-state index is -3.65. The van der Waals surface area contributed by atoms with Crippen molar-refractivity contribution in [2.75, 3.05) is 26.5 Å². The molecule has 2 rings (SSSR count). The standard InChI is InChI=1S/C17H19FN2O4S/c1-20(2)25(22,23)14-7-8-16(24-3)15(11-14)19-17(21)10-12-5-4-6-13(18)9-12/h4-9,11H,10H2,1-3H3,(H,19,21). The van der Waals surface area contributed by atoms with E-state index in [0.717, 1.165) is 4.31 Å². The number of carbonyl (C=O) groups excluding carboxylic acids is 1. The van der Waals surface area contributed by atoms with Crippen molar-refractivity contribution in [3.8, 4) is 5.75 Å². The molecule has 0 saturated carbocycles. The average molecular weight is 366 g/mol. The number of methoxy groups -OCH3 is 1. The van der Waals surface area contributed by atoms with E-state index >= 15 is 0 Å². The van der Waals surface area contributed by atoms with E-state index in [1.165, 1.54) is 57.6 Å². The third-order valence-electron chi connectivity index (χ3n) is 3.48. The molecule has 8 heteroatoms. The van der Waals surface area contributed by atoms with Gasteiger partial charge in [-0.3, -0.25) is 4.79 Å². The number of amides is 1. The highest BCUT2D eigenvalue weighted by molar-refractivity contribution is 7.89. The number of halogens is 1. The molecular formula is C17H19FN2O4S. The Bertz CT molecular complexity index is 882. The Morgan fingerprint density at radius 2 is 1.92 bits per heavy atom. The second kappa shape index (κ2) is 7.62. The van der Waals surface area contributed by atoms with Crippen LogP contribution in [0.3, 0.4) is 0 Å². The van der Waals surface area contributed by atoms with Crippen LogP contribution in [0.15, 0.2) is 47.4 Å². The molecule has 0 radical (unpaired) electrons. The molecule has 0 bridgehead atoms. The topological polar surface area (TPSA) is 75.7 Å². The summed E-state index contributed by atoms with van der Waals surface area (Å²) in [6.45, 7) is 0. The number of anilines is 1. The lowest BCUT2D eigenvalue weighted by atomic mass is 10.1. The molecule has 0 unspecified atom stereocenters. The van der Waals surface area contributed by atoms with Crippen LogP contribution in [0.25, 0.3) is 0 Å². The third kappa shape index (κ3) is 4.55. The lowest BCUT2D eigenvalue weighted by Crippen LogP contribution is -2.22. The van der Waals surface area contributed by atoms with Gasteiger partial charge in [0.25, 0.3) is 0 Å². The smallest absolute Gasteiger partial charge is 0.242 e. The maximum atomic E-state index is 13.2. The van der Waals surface area contributed by atoms with E-state index in [2.05, 4.69) is 5.32 Å². The van der Waals surface area contributed by atoms with Gasteiger partial charge < -0.3 is 10.1 Å². The molecule has 0 fully saturated rings. The fourth-order valence-electron chi connectivity index (χ4n) is 2.18. The van der Waals surface area contributed by atoms with E-state index in [1.807, 2.05) is 0 Å². The van der Waals surface area contributed by atoms with Crippen molar-refractivity contribution >= 4 is 21.6 Å². The summed E-state index contributed by atoms with van der Waals surface area (Å²) < 4.78 is 43.9. The van der Waals surface area contributed by atoms with Gasteiger partial charge in [0.05, 0.1) is 24.1 Å². The van der Waals surface area contributed by atoms with Gasteiger partial charge in [-0.25, -0.2) is 17.1 Å². The maximum absolute atomic E-state index is 13.2. The lowest BCUT2D eigenvalue weighted by molar-refractivity contribution is -0.115. The molecule has 2 aromatic rings. The summed E-state index contributed by atoms with van der Waals surface area (Å²) in [7, 11) is 0.603. The Morgan fingerprint density at radius 1 is 1.20 bits per heavy atom. The Balaban J connectivity index is 2.26. The highest BCUT2D eigenvalue weighted by Crippen LogP contribution is 2.28. The first-order valence-electron chi connectivity index (χ1n) is 7.39. The van der Waals surface area contributed by atoms with Gasteiger partial charge in [-0.05, 0) is 35.9 Å². The maximum Gasteiger partial charge on any atom is 0.242 e. The number of sulfonamides is 1. The molecule has 0 aliphatic rings. The van der Waals surface area contributed by atoms with Crippen LogP contribution in [0.2, 0.25) is 0 Å². The van der Waals surface area contributed by atoms with Crippen molar-refractivity contribution in [2.24, 2.45) is 0 Å². The Morgan fingerprint density at radius 3 is 2.52 bits per heavy atom. The number of ether oxygens (including phenoxy) is 1. The van der Waals surface area contributed by atoms with Crippen LogP contribution in [0.5, 0.6) is 5.75 Å². The monoisotopic (exact) mass is 366 g/mol. The zero-order valence-electron chi connectivity index (χ0n) is 14.1. The van der Waals surface area contributed by atoms with E-state index in [1.54, 1.807) is 6.07 Å². The van der Waals surface area contributed by atoms with Crippen LogP contribution in [-0.4, -0.2) is 39.8 Å². The van der Waals surface area contributed by atoms with Crippen molar-refractivity contribution in [1.29, 1.82) is 0 Å². The SMILES string of the molecule is COc1ccc(S(=O)(=O)N(C)C)cc1NC(=O)Cc1cccc(F)c1. The molecule has 134 valence electrons. The number of nitrogens with zero attached hydrogens (tertiary/aromatic N) is 1. The molecule has 0 spiro atoms. The van der Waals surface area contributed by atoms with Crippen molar-refractivity contribution < 1.29 is 22.3 Å². The van der Waals surface area contributed by atoms with E-state index in [-0.39, 0.29) is 17.0 Å². The van der Waals surface area contributed by atoms with Crippen molar-refractivity contribution in [1.82, 2.24) is 4.31 Å². The fraction of sp³-hybridized carbons (Fsp3) is 0.235. The van der Waals surface area contributed by atoms with Gasteiger partial charge >= 0.3 is 0 Å². The summed E-state index contributed by atoms with van der Waals surface area (Å²) in [5.41, 5.74) is 0.736. The molecular weight excluding hydrogens is 347 g/mol. The summed E-state index contributed by atoms with van der Waals surface area (Å²) in [4.78, 5) is 12.2. The summed E-state index contributed by atoms with van der Waals surface area (Å²) in [5.74, 6) is -0.518. The highest BCUT2D eigenvalue weighted by atomic mass is 32.2. The normalized spacial score (nSPS) is 11.4. The van der Waals surface area contributed by atoms with Crippen LogP contribution < -0.4 is 10.1 Å². The largest absolute Gasteiger partial charge is 0.495 e. The first-order chi connectivity index (χ1) is 11.7. The molecule has 1 amide bonds. The van der Waals surface area contributed by atoms with Crippen molar-refractivity contribution in [3.05, 3.63) is 53.8 Å². The predicted molar refractivity (Wildman–Crippen MR) is 92.6 cm³/mol. The summed E-state index contributed by atoms with van der Waals surface area (Å²) >= 11 is 0. The van der Waals surface area contributed by atoms with Crippen LogP contribution in [0.1, 0.15) is 5.56 Å². The number of nitrogens with one attached hydrogen (secondary N) is 1. The van der Waals surface area contributed by atoms with Crippen LogP contribution in [0, 0.1) is 5.82 Å². The molecule has 6 nitrogen and oxygen atoms in total. The second-order valence-corrected chi connectivity index (χ2v) is 7.66. The van der Waals surface area contributed by atoms with Gasteiger partial charge in [0, 0.05) is 14.1 Å². The number of benzene rings is 2. The molecule has 2 aromatic carbocycles. The average Bonchev–Trinajstić information content (AvgIpc) is 2.54. The van der Waals surface area contributed by atoms with Gasteiger partial charge in [-0.1, -0.05) is 12.1 Å². The lowest BCUT2D eigenvalue weighted by Gasteiger charge is -2.15. The van der Waals surface area contributed by atoms with Gasteiger partial charge in [0.1, 0.15) is 11.6 Å². The second-order valence-electron chi connectivity index (χ2n) is 5.50. The van der Waals surface area contributed by atoms with Gasteiger partial charge in [-0.15, -0.1) is 0 Å². The molecule has 0 heterocycles. The van der Waals surface area contributed by atoms with Gasteiger partial charge in [0.15, 0.2) is 0 Å². The molecule has 0 aromatic heterocycles. The van der Waals surface area contributed by atoms with Crippen LogP contribution in [-0.2, 0) is 21.2 Å². The molecule has 0 saturated heterocycles. The number of carbonyl (C=O) groups is 1. The minimum Gasteiger partial charge on any atom is -0.495 e. The first kappa shape index (κ1) is 18.9. The van der Waals surface area contributed by atoms with E-state index in [9.17, 15) is 17.6 Å². The zero-order valence-corrected chi connectivity index (χ0v) is 14.9. The molecule has 1 N–H and O–H groups in total. The highest BCUT2D eigenvalue weighted by Gasteiger charge is 2.20. The molecule has 0 aliphatic heterocycles. The van der Waals surface area contributed by atoms with Gasteiger partial charge in [-0.2, -0.15) is 0 Å². The minimum absolute atomic E-state index is 0.0272. The molecule has 0 aliphatic carbocycles. The van der Waals surface area contributed by atoms with E-state index in [0.29, 0.717) is 11.3 Å². The number of rotatable bonds is 6. The Hall–Kier alpha value is -2.45. The predicted octanol–water partition coefficient (Wildman–Crippen LogP) is 2.27.